The molecule has 26 heavy (non-hydrogen) atoms. The zero-order valence-electron chi connectivity index (χ0n) is 14.6. The largest absolute Gasteiger partial charge is 0.360 e. The van der Waals surface area contributed by atoms with Crippen molar-refractivity contribution in [3.8, 4) is 0 Å². The van der Waals surface area contributed by atoms with Gasteiger partial charge in [0.1, 0.15) is 0 Å². The third-order valence-corrected chi connectivity index (χ3v) is 5.77. The molecule has 0 unspecified atom stereocenters. The van der Waals surface area contributed by atoms with Gasteiger partial charge in [0.15, 0.2) is 0 Å². The van der Waals surface area contributed by atoms with Gasteiger partial charge in [-0.1, -0.05) is 44.2 Å². The monoisotopic (exact) mass is 371 g/mol. The van der Waals surface area contributed by atoms with E-state index in [9.17, 15) is 13.2 Å². The van der Waals surface area contributed by atoms with Gasteiger partial charge in [-0.25, -0.2) is 8.42 Å². The first-order valence-electron chi connectivity index (χ1n) is 8.40. The molecule has 6 nitrogen and oxygen atoms in total. The van der Waals surface area contributed by atoms with Gasteiger partial charge in [0.2, 0.25) is 0 Å². The van der Waals surface area contributed by atoms with Gasteiger partial charge in [-0.05, 0) is 36.1 Å². The molecule has 1 aromatic heterocycles. The van der Waals surface area contributed by atoms with Crippen LogP contribution in [0.1, 0.15) is 42.1 Å². The third kappa shape index (κ3) is 3.63. The van der Waals surface area contributed by atoms with Crippen molar-refractivity contribution in [2.24, 2.45) is 0 Å². The molecule has 3 rings (SSSR count). The smallest absolute Gasteiger partial charge is 0.268 e. The molecule has 0 aliphatic rings. The SMILES string of the molecule is CC[C@H](C)c1ccc(S(=O)(=O)NNC(=O)c2c[nH]c3ccccc23)cc1. The lowest BCUT2D eigenvalue weighted by Crippen LogP contribution is -2.41. The number of carbonyl (C=O) groups is 1. The molecule has 0 saturated carbocycles. The molecule has 2 aromatic carbocycles. The second-order valence-corrected chi connectivity index (χ2v) is 7.87. The summed E-state index contributed by atoms with van der Waals surface area (Å²) in [5.74, 6) is -0.163. The third-order valence-electron chi connectivity index (χ3n) is 4.50. The van der Waals surface area contributed by atoms with Crippen molar-refractivity contribution in [2.45, 2.75) is 31.1 Å². The molecule has 3 N–H and O–H groups in total. The molecule has 0 bridgehead atoms. The molecule has 7 heteroatoms. The second-order valence-electron chi connectivity index (χ2n) is 6.19. The number of fused-ring (bicyclic) bond motifs is 1. The van der Waals surface area contributed by atoms with Crippen molar-refractivity contribution in [2.75, 3.05) is 0 Å². The van der Waals surface area contributed by atoms with E-state index in [4.69, 9.17) is 0 Å². The van der Waals surface area contributed by atoms with E-state index in [1.54, 1.807) is 36.5 Å². The van der Waals surface area contributed by atoms with Crippen LogP contribution >= 0.6 is 0 Å². The summed E-state index contributed by atoms with van der Waals surface area (Å²) in [5, 5.41) is 0.724. The van der Waals surface area contributed by atoms with Gasteiger partial charge in [0, 0.05) is 17.1 Å². The first kappa shape index (κ1) is 18.2. The van der Waals surface area contributed by atoms with E-state index in [1.165, 1.54) is 0 Å². The van der Waals surface area contributed by atoms with Crippen molar-refractivity contribution >= 4 is 26.8 Å². The van der Waals surface area contributed by atoms with Crippen LogP contribution in [0.15, 0.2) is 59.6 Å². The topological polar surface area (TPSA) is 91.1 Å². The Kier molecular flexibility index (Phi) is 5.11. The Hall–Kier alpha value is -2.64. The molecule has 0 saturated heterocycles. The fourth-order valence-corrected chi connectivity index (χ4v) is 3.55. The van der Waals surface area contributed by atoms with E-state index in [1.807, 2.05) is 18.2 Å². The highest BCUT2D eigenvalue weighted by atomic mass is 32.2. The molecule has 0 aliphatic heterocycles. The van der Waals surface area contributed by atoms with Crippen LogP contribution in [0.3, 0.4) is 0 Å². The number of nitrogens with one attached hydrogen (secondary N) is 3. The summed E-state index contributed by atoms with van der Waals surface area (Å²) in [7, 11) is -3.84. The number of aromatic amines is 1. The summed E-state index contributed by atoms with van der Waals surface area (Å²) in [5.41, 5.74) is 4.52. The van der Waals surface area contributed by atoms with Gasteiger partial charge in [-0.15, -0.1) is 4.83 Å². The van der Waals surface area contributed by atoms with E-state index >= 15 is 0 Å². The molecule has 3 aromatic rings. The number of aromatic nitrogens is 1. The second kappa shape index (κ2) is 7.31. The number of H-pyrrole nitrogens is 1. The van der Waals surface area contributed by atoms with Crippen LogP contribution in [0.2, 0.25) is 0 Å². The maximum absolute atomic E-state index is 12.4. The zero-order valence-corrected chi connectivity index (χ0v) is 15.4. The Morgan fingerprint density at radius 3 is 2.50 bits per heavy atom. The van der Waals surface area contributed by atoms with Crippen LogP contribution in [-0.2, 0) is 10.0 Å². The quantitative estimate of drug-likeness (QED) is 0.581. The minimum absolute atomic E-state index is 0.101. The number of hydrogen-bond donors (Lipinski definition) is 3. The molecule has 0 fully saturated rings. The lowest BCUT2D eigenvalue weighted by atomic mass is 9.99. The maximum Gasteiger partial charge on any atom is 0.268 e. The van der Waals surface area contributed by atoms with E-state index in [-0.39, 0.29) is 4.90 Å². The van der Waals surface area contributed by atoms with Crippen LogP contribution in [0.25, 0.3) is 10.9 Å². The van der Waals surface area contributed by atoms with Crippen LogP contribution in [0, 0.1) is 0 Å². The van der Waals surface area contributed by atoms with Crippen molar-refractivity contribution in [1.29, 1.82) is 0 Å². The van der Waals surface area contributed by atoms with Crippen LogP contribution in [0.5, 0.6) is 0 Å². The van der Waals surface area contributed by atoms with Gasteiger partial charge < -0.3 is 4.98 Å². The maximum atomic E-state index is 12.4. The van der Waals surface area contributed by atoms with E-state index in [0.717, 1.165) is 22.9 Å². The van der Waals surface area contributed by atoms with E-state index in [2.05, 4.69) is 29.1 Å². The average molecular weight is 371 g/mol. The summed E-state index contributed by atoms with van der Waals surface area (Å²) < 4.78 is 24.8. The first-order chi connectivity index (χ1) is 12.4. The highest BCUT2D eigenvalue weighted by molar-refractivity contribution is 7.89. The minimum atomic E-state index is -3.84. The Morgan fingerprint density at radius 1 is 1.12 bits per heavy atom. The Labute approximate surface area is 152 Å². The van der Waals surface area contributed by atoms with Gasteiger partial charge in [-0.3, -0.25) is 10.2 Å². The molecule has 0 radical (unpaired) electrons. The fraction of sp³-hybridized carbons (Fsp3) is 0.211. The molecule has 0 spiro atoms. The molecule has 1 atom stereocenters. The highest BCUT2D eigenvalue weighted by Gasteiger charge is 2.18. The predicted molar refractivity (Wildman–Crippen MR) is 101 cm³/mol. The number of carbonyl (C=O) groups excluding carboxylic acids is 1. The molecule has 136 valence electrons. The number of benzene rings is 2. The fourth-order valence-electron chi connectivity index (χ4n) is 2.71. The standard InChI is InChI=1S/C19H21N3O3S/c1-3-13(2)14-8-10-15(11-9-14)26(24,25)22-21-19(23)17-12-20-18-7-5-4-6-16(17)18/h4-13,20,22H,3H2,1-2H3,(H,21,23)/t13-/m0/s1. The van der Waals surface area contributed by atoms with Crippen LogP contribution in [0.4, 0.5) is 0 Å². The number of hydrogen-bond acceptors (Lipinski definition) is 3. The average Bonchev–Trinajstić information content (AvgIpc) is 3.10. The molecular formula is C19H21N3O3S. The van der Waals surface area contributed by atoms with Crippen molar-refractivity contribution in [3.05, 3.63) is 65.9 Å². The molecular weight excluding hydrogens is 350 g/mol. The van der Waals surface area contributed by atoms with Crippen molar-refractivity contribution in [1.82, 2.24) is 15.2 Å². The Balaban J connectivity index is 1.72. The lowest BCUT2D eigenvalue weighted by molar-refractivity contribution is 0.0947. The first-order valence-corrected chi connectivity index (χ1v) is 9.89. The minimum Gasteiger partial charge on any atom is -0.360 e. The Bertz CT molecular complexity index is 1020. The van der Waals surface area contributed by atoms with Crippen molar-refractivity contribution in [3.63, 3.8) is 0 Å². The number of amides is 1. The normalized spacial score (nSPS) is 12.8. The van der Waals surface area contributed by atoms with E-state index in [0.29, 0.717) is 11.5 Å². The van der Waals surface area contributed by atoms with Gasteiger partial charge in [-0.2, -0.15) is 0 Å². The van der Waals surface area contributed by atoms with E-state index < -0.39 is 15.9 Å². The summed E-state index contributed by atoms with van der Waals surface area (Å²) in [6, 6.07) is 14.0. The number of rotatable bonds is 6. The number of sulfonamides is 1. The highest BCUT2D eigenvalue weighted by Crippen LogP contribution is 2.20. The number of hydrazine groups is 1. The van der Waals surface area contributed by atoms with Gasteiger partial charge >= 0.3 is 0 Å². The Morgan fingerprint density at radius 2 is 1.81 bits per heavy atom. The summed E-state index contributed by atoms with van der Waals surface area (Å²) >= 11 is 0. The van der Waals surface area contributed by atoms with Crippen LogP contribution < -0.4 is 10.3 Å². The molecule has 1 amide bonds. The van der Waals surface area contributed by atoms with Crippen LogP contribution in [-0.4, -0.2) is 19.3 Å². The summed E-state index contributed by atoms with van der Waals surface area (Å²) in [6.45, 7) is 4.17. The predicted octanol–water partition coefficient (Wildman–Crippen LogP) is 3.30. The zero-order chi connectivity index (χ0) is 18.7. The van der Waals surface area contributed by atoms with Gasteiger partial charge in [0.25, 0.3) is 15.9 Å². The van der Waals surface area contributed by atoms with Gasteiger partial charge in [0.05, 0.1) is 10.5 Å². The lowest BCUT2D eigenvalue weighted by Gasteiger charge is -2.11. The summed E-state index contributed by atoms with van der Waals surface area (Å²) in [4.78, 5) is 17.6. The molecule has 1 heterocycles. The molecule has 0 aliphatic carbocycles. The number of para-hydroxylation sites is 1. The van der Waals surface area contributed by atoms with Crippen molar-refractivity contribution < 1.29 is 13.2 Å². The summed E-state index contributed by atoms with van der Waals surface area (Å²) in [6.07, 6.45) is 2.53.